The highest BCUT2D eigenvalue weighted by atomic mass is 16.5. The molecule has 2 aromatic heterocycles. The number of morpholine rings is 1. The molecule has 1 aliphatic rings. The molecule has 0 spiro atoms. The van der Waals surface area contributed by atoms with Crippen molar-refractivity contribution in [3.8, 4) is 0 Å². The van der Waals surface area contributed by atoms with Crippen molar-refractivity contribution in [1.82, 2.24) is 24.9 Å². The second-order valence-corrected chi connectivity index (χ2v) is 6.56. The Hall–Kier alpha value is -2.12. The fraction of sp³-hybridized carbons (Fsp3) is 0.579. The molecule has 142 valence electrons. The second kappa shape index (κ2) is 9.54. The Balaban J connectivity index is 1.50. The van der Waals surface area contributed by atoms with E-state index in [-0.39, 0.29) is 0 Å². The SMILES string of the molecule is CCNC(=NCc1cn2c(C)cccc2n1)NCCCN1CCOCC1. The summed E-state index contributed by atoms with van der Waals surface area (Å²) < 4.78 is 7.49. The summed E-state index contributed by atoms with van der Waals surface area (Å²) in [5, 5.41) is 6.73. The zero-order valence-electron chi connectivity index (χ0n) is 15.9. The summed E-state index contributed by atoms with van der Waals surface area (Å²) in [6.07, 6.45) is 3.16. The van der Waals surface area contributed by atoms with E-state index in [0.29, 0.717) is 6.54 Å². The average molecular weight is 358 g/mol. The fourth-order valence-corrected chi connectivity index (χ4v) is 3.11. The van der Waals surface area contributed by atoms with Crippen molar-refractivity contribution in [1.29, 1.82) is 0 Å². The quantitative estimate of drug-likeness (QED) is 0.445. The van der Waals surface area contributed by atoms with E-state index in [1.807, 2.05) is 12.1 Å². The Labute approximate surface area is 155 Å². The first-order valence-electron chi connectivity index (χ1n) is 9.52. The van der Waals surface area contributed by atoms with Crippen LogP contribution < -0.4 is 10.6 Å². The summed E-state index contributed by atoms with van der Waals surface area (Å²) in [5.41, 5.74) is 3.13. The third-order valence-electron chi connectivity index (χ3n) is 4.54. The number of aryl methyl sites for hydroxylation is 1. The normalized spacial score (nSPS) is 16.2. The van der Waals surface area contributed by atoms with E-state index >= 15 is 0 Å². The summed E-state index contributed by atoms with van der Waals surface area (Å²) in [6.45, 7) is 11.4. The summed E-state index contributed by atoms with van der Waals surface area (Å²) >= 11 is 0. The third-order valence-corrected chi connectivity index (χ3v) is 4.54. The zero-order valence-corrected chi connectivity index (χ0v) is 15.9. The highest BCUT2D eigenvalue weighted by Crippen LogP contribution is 2.09. The van der Waals surface area contributed by atoms with Gasteiger partial charge in [0.15, 0.2) is 5.96 Å². The van der Waals surface area contributed by atoms with Crippen LogP contribution in [0.15, 0.2) is 29.4 Å². The third kappa shape index (κ3) is 5.19. The minimum atomic E-state index is 0.569. The summed E-state index contributed by atoms with van der Waals surface area (Å²) in [6, 6.07) is 6.14. The van der Waals surface area contributed by atoms with Gasteiger partial charge >= 0.3 is 0 Å². The van der Waals surface area contributed by atoms with Crippen molar-refractivity contribution in [3.05, 3.63) is 35.8 Å². The second-order valence-electron chi connectivity index (χ2n) is 6.56. The average Bonchev–Trinajstić information content (AvgIpc) is 3.08. The van der Waals surface area contributed by atoms with E-state index in [1.165, 1.54) is 5.69 Å². The number of fused-ring (bicyclic) bond motifs is 1. The predicted molar refractivity (Wildman–Crippen MR) is 105 cm³/mol. The van der Waals surface area contributed by atoms with Gasteiger partial charge in [-0.3, -0.25) is 4.90 Å². The lowest BCUT2D eigenvalue weighted by Crippen LogP contribution is -2.40. The maximum atomic E-state index is 5.39. The van der Waals surface area contributed by atoms with Gasteiger partial charge in [-0.15, -0.1) is 0 Å². The lowest BCUT2D eigenvalue weighted by molar-refractivity contribution is 0.0376. The molecule has 0 amide bonds. The Morgan fingerprint density at radius 2 is 2.12 bits per heavy atom. The first kappa shape index (κ1) is 18.7. The highest BCUT2D eigenvalue weighted by molar-refractivity contribution is 5.79. The number of rotatable bonds is 7. The number of nitrogens with zero attached hydrogens (tertiary/aromatic N) is 4. The van der Waals surface area contributed by atoms with Crippen LogP contribution in [-0.4, -0.2) is 66.2 Å². The molecule has 0 radical (unpaired) electrons. The molecule has 0 unspecified atom stereocenters. The van der Waals surface area contributed by atoms with Crippen LogP contribution in [0, 0.1) is 6.92 Å². The van der Waals surface area contributed by atoms with Crippen molar-refractivity contribution < 1.29 is 4.74 Å². The molecule has 2 aromatic rings. The van der Waals surface area contributed by atoms with Crippen LogP contribution in [0.4, 0.5) is 0 Å². The maximum Gasteiger partial charge on any atom is 0.191 e. The van der Waals surface area contributed by atoms with Crippen LogP contribution in [-0.2, 0) is 11.3 Å². The van der Waals surface area contributed by atoms with E-state index in [1.54, 1.807) is 0 Å². The van der Waals surface area contributed by atoms with Gasteiger partial charge in [0.05, 0.1) is 25.5 Å². The van der Waals surface area contributed by atoms with Gasteiger partial charge in [-0.1, -0.05) is 6.07 Å². The molecule has 7 nitrogen and oxygen atoms in total. The van der Waals surface area contributed by atoms with Crippen molar-refractivity contribution in [2.75, 3.05) is 45.9 Å². The predicted octanol–water partition coefficient (Wildman–Crippen LogP) is 1.42. The molecule has 0 saturated carbocycles. The number of hydrogen-bond acceptors (Lipinski definition) is 4. The van der Waals surface area contributed by atoms with Gasteiger partial charge in [-0.2, -0.15) is 0 Å². The molecule has 3 rings (SSSR count). The molecule has 0 aromatic carbocycles. The number of nitrogens with one attached hydrogen (secondary N) is 2. The number of aromatic nitrogens is 2. The van der Waals surface area contributed by atoms with E-state index in [2.05, 4.69) is 56.0 Å². The van der Waals surface area contributed by atoms with Gasteiger partial charge in [-0.05, 0) is 38.9 Å². The monoisotopic (exact) mass is 358 g/mol. The first-order chi connectivity index (χ1) is 12.8. The maximum absolute atomic E-state index is 5.39. The Morgan fingerprint density at radius 1 is 1.27 bits per heavy atom. The van der Waals surface area contributed by atoms with E-state index in [9.17, 15) is 0 Å². The lowest BCUT2D eigenvalue weighted by Gasteiger charge is -2.26. The van der Waals surface area contributed by atoms with Gasteiger partial charge in [0.1, 0.15) is 5.65 Å². The van der Waals surface area contributed by atoms with Crippen molar-refractivity contribution in [2.24, 2.45) is 4.99 Å². The van der Waals surface area contributed by atoms with E-state index < -0.39 is 0 Å². The van der Waals surface area contributed by atoms with Crippen molar-refractivity contribution in [2.45, 2.75) is 26.8 Å². The molecule has 1 fully saturated rings. The highest BCUT2D eigenvalue weighted by Gasteiger charge is 2.09. The number of hydrogen-bond donors (Lipinski definition) is 2. The molecular formula is C19H30N6O. The van der Waals surface area contributed by atoms with Gasteiger partial charge < -0.3 is 19.8 Å². The number of imidazole rings is 1. The van der Waals surface area contributed by atoms with Gasteiger partial charge in [0, 0.05) is 38.1 Å². The summed E-state index contributed by atoms with van der Waals surface area (Å²) in [4.78, 5) is 11.8. The summed E-state index contributed by atoms with van der Waals surface area (Å²) in [5.74, 6) is 0.850. The van der Waals surface area contributed by atoms with Crippen molar-refractivity contribution in [3.63, 3.8) is 0 Å². The van der Waals surface area contributed by atoms with E-state index in [4.69, 9.17) is 4.74 Å². The molecule has 2 N–H and O–H groups in total. The van der Waals surface area contributed by atoms with Crippen LogP contribution in [0.3, 0.4) is 0 Å². The molecule has 0 aliphatic carbocycles. The minimum Gasteiger partial charge on any atom is -0.379 e. The zero-order chi connectivity index (χ0) is 18.2. The number of pyridine rings is 1. The van der Waals surface area contributed by atoms with Crippen molar-refractivity contribution >= 4 is 11.6 Å². The Morgan fingerprint density at radius 3 is 2.88 bits per heavy atom. The van der Waals surface area contributed by atoms with Crippen LogP contribution in [0.2, 0.25) is 0 Å². The first-order valence-corrected chi connectivity index (χ1v) is 9.52. The lowest BCUT2D eigenvalue weighted by atomic mass is 10.3. The van der Waals surface area contributed by atoms with Crippen LogP contribution >= 0.6 is 0 Å². The molecule has 7 heteroatoms. The molecule has 1 aliphatic heterocycles. The Bertz CT molecular complexity index is 720. The molecule has 0 bridgehead atoms. The number of guanidine groups is 1. The van der Waals surface area contributed by atoms with Crippen LogP contribution in [0.25, 0.3) is 5.65 Å². The van der Waals surface area contributed by atoms with Crippen LogP contribution in [0.5, 0.6) is 0 Å². The fourth-order valence-electron chi connectivity index (χ4n) is 3.11. The summed E-state index contributed by atoms with van der Waals surface area (Å²) in [7, 11) is 0. The standard InChI is InChI=1S/C19H30N6O/c1-3-20-19(21-8-5-9-24-10-12-26-13-11-24)22-14-17-15-25-16(2)6-4-7-18(25)23-17/h4,6-7,15H,3,5,8-14H2,1-2H3,(H2,20,21,22). The van der Waals surface area contributed by atoms with E-state index in [0.717, 1.165) is 69.7 Å². The topological polar surface area (TPSA) is 66.2 Å². The molecular weight excluding hydrogens is 328 g/mol. The Kier molecular flexibility index (Phi) is 6.85. The largest absolute Gasteiger partial charge is 0.379 e. The molecule has 0 atom stereocenters. The number of aliphatic imine (C=N–C) groups is 1. The van der Waals surface area contributed by atoms with Gasteiger partial charge in [0.25, 0.3) is 0 Å². The molecule has 3 heterocycles. The van der Waals surface area contributed by atoms with Gasteiger partial charge in [0.2, 0.25) is 0 Å². The smallest absolute Gasteiger partial charge is 0.191 e. The number of ether oxygens (including phenoxy) is 1. The molecule has 1 saturated heterocycles. The molecule has 26 heavy (non-hydrogen) atoms. The minimum absolute atomic E-state index is 0.569. The van der Waals surface area contributed by atoms with Gasteiger partial charge in [-0.25, -0.2) is 9.98 Å². The van der Waals surface area contributed by atoms with Crippen LogP contribution in [0.1, 0.15) is 24.7 Å².